The molecule has 0 aliphatic carbocycles. The number of carboxylic acid groups (broad SMARTS) is 1. The maximum atomic E-state index is 12.2. The van der Waals surface area contributed by atoms with E-state index in [0.29, 0.717) is 6.54 Å². The van der Waals surface area contributed by atoms with E-state index < -0.39 is 17.8 Å². The number of aliphatic carboxylic acids is 1. The quantitative estimate of drug-likeness (QED) is 0.849. The van der Waals surface area contributed by atoms with Crippen LogP contribution in [0.3, 0.4) is 0 Å². The second-order valence-electron chi connectivity index (χ2n) is 4.05. The number of halogens is 2. The van der Waals surface area contributed by atoms with Gasteiger partial charge in [-0.1, -0.05) is 30.1 Å². The Morgan fingerprint density at radius 3 is 2.58 bits per heavy atom. The van der Waals surface area contributed by atoms with Crippen LogP contribution in [0.25, 0.3) is 0 Å². The number of carboxylic acids is 1. The summed E-state index contributed by atoms with van der Waals surface area (Å²) in [7, 11) is 0. The van der Waals surface area contributed by atoms with Crippen molar-refractivity contribution in [3.8, 4) is 0 Å². The topological polar surface area (TPSA) is 70.5 Å². The summed E-state index contributed by atoms with van der Waals surface area (Å²) in [6.45, 7) is 3.74. The average Bonchev–Trinajstić information content (AvgIpc) is 2.37. The number of hydrogen-bond acceptors (Lipinski definition) is 3. The largest absolute Gasteiger partial charge is 0.481 e. The number of rotatable bonds is 5. The second kappa shape index (κ2) is 6.73. The van der Waals surface area contributed by atoms with Gasteiger partial charge in [-0.25, -0.2) is 4.98 Å². The highest BCUT2D eigenvalue weighted by Gasteiger charge is 2.23. The van der Waals surface area contributed by atoms with Gasteiger partial charge in [0.25, 0.3) is 5.91 Å². The number of amides is 1. The third-order valence-corrected chi connectivity index (χ3v) is 3.11. The van der Waals surface area contributed by atoms with Gasteiger partial charge in [0.15, 0.2) is 0 Å². The first-order chi connectivity index (χ1) is 8.86. The summed E-state index contributed by atoms with van der Waals surface area (Å²) in [6, 6.07) is 2.97. The molecule has 0 aliphatic heterocycles. The molecule has 19 heavy (non-hydrogen) atoms. The smallest absolute Gasteiger partial charge is 0.308 e. The van der Waals surface area contributed by atoms with Crippen molar-refractivity contribution in [2.75, 3.05) is 13.1 Å². The average molecular weight is 305 g/mol. The molecule has 1 aromatic heterocycles. The molecule has 1 heterocycles. The van der Waals surface area contributed by atoms with E-state index in [4.69, 9.17) is 28.3 Å². The first kappa shape index (κ1) is 15.7. The van der Waals surface area contributed by atoms with E-state index in [2.05, 4.69) is 4.98 Å². The zero-order valence-electron chi connectivity index (χ0n) is 10.6. The van der Waals surface area contributed by atoms with E-state index in [9.17, 15) is 9.59 Å². The van der Waals surface area contributed by atoms with Crippen LogP contribution < -0.4 is 0 Å². The molecule has 0 aromatic carbocycles. The van der Waals surface area contributed by atoms with Gasteiger partial charge in [0.1, 0.15) is 10.8 Å². The van der Waals surface area contributed by atoms with Gasteiger partial charge < -0.3 is 10.0 Å². The maximum Gasteiger partial charge on any atom is 0.308 e. The molecule has 0 saturated heterocycles. The van der Waals surface area contributed by atoms with Crippen molar-refractivity contribution in [3.63, 3.8) is 0 Å². The third-order valence-electron chi connectivity index (χ3n) is 2.60. The Kier molecular flexibility index (Phi) is 5.57. The lowest BCUT2D eigenvalue weighted by molar-refractivity contribution is -0.141. The Morgan fingerprint density at radius 2 is 2.05 bits per heavy atom. The highest BCUT2D eigenvalue weighted by Crippen LogP contribution is 2.19. The van der Waals surface area contributed by atoms with Crippen molar-refractivity contribution in [2.45, 2.75) is 13.8 Å². The van der Waals surface area contributed by atoms with Crippen molar-refractivity contribution < 1.29 is 14.7 Å². The van der Waals surface area contributed by atoms with Crippen molar-refractivity contribution in [2.24, 2.45) is 5.92 Å². The van der Waals surface area contributed by atoms with E-state index in [1.54, 1.807) is 6.92 Å². The maximum absolute atomic E-state index is 12.2. The molecule has 1 amide bonds. The van der Waals surface area contributed by atoms with Crippen molar-refractivity contribution >= 4 is 35.1 Å². The lowest BCUT2D eigenvalue weighted by Gasteiger charge is -2.22. The summed E-state index contributed by atoms with van der Waals surface area (Å²) >= 11 is 11.6. The fraction of sp³-hybridized carbons (Fsp3) is 0.417. The zero-order chi connectivity index (χ0) is 14.6. The van der Waals surface area contributed by atoms with Crippen LogP contribution in [0.2, 0.25) is 10.2 Å². The normalized spacial score (nSPS) is 12.0. The van der Waals surface area contributed by atoms with Gasteiger partial charge in [-0.2, -0.15) is 0 Å². The molecular formula is C12H14Cl2N2O3. The number of carbonyl (C=O) groups is 2. The Morgan fingerprint density at radius 1 is 1.42 bits per heavy atom. The molecular weight excluding hydrogens is 291 g/mol. The molecule has 0 radical (unpaired) electrons. The fourth-order valence-electron chi connectivity index (χ4n) is 1.48. The van der Waals surface area contributed by atoms with Crippen LogP contribution >= 0.6 is 23.2 Å². The molecule has 104 valence electrons. The molecule has 1 unspecified atom stereocenters. The van der Waals surface area contributed by atoms with Gasteiger partial charge in [0.2, 0.25) is 0 Å². The summed E-state index contributed by atoms with van der Waals surface area (Å²) in [5.74, 6) is -2.05. The van der Waals surface area contributed by atoms with Crippen LogP contribution in [-0.4, -0.2) is 40.0 Å². The minimum Gasteiger partial charge on any atom is -0.481 e. The molecule has 0 aliphatic rings. The molecule has 1 aromatic rings. The van der Waals surface area contributed by atoms with Gasteiger partial charge in [-0.15, -0.1) is 0 Å². The predicted molar refractivity (Wildman–Crippen MR) is 72.6 cm³/mol. The van der Waals surface area contributed by atoms with Crippen LogP contribution in [0.4, 0.5) is 0 Å². The molecule has 7 heteroatoms. The second-order valence-corrected chi connectivity index (χ2v) is 4.84. The van der Waals surface area contributed by atoms with Crippen LogP contribution in [0.15, 0.2) is 12.1 Å². The standard InChI is InChI=1S/C12H14Cl2N2O3/c1-3-16(6-7(2)12(18)19)11(17)10-8(13)4-5-9(14)15-10/h4-5,7H,3,6H2,1-2H3,(H,18,19). The Labute approximate surface area is 121 Å². The lowest BCUT2D eigenvalue weighted by Crippen LogP contribution is -2.37. The minimum absolute atomic E-state index is 0.0357. The Balaban J connectivity index is 2.95. The van der Waals surface area contributed by atoms with Gasteiger partial charge in [0, 0.05) is 13.1 Å². The summed E-state index contributed by atoms with van der Waals surface area (Å²) in [4.78, 5) is 28.3. The van der Waals surface area contributed by atoms with Gasteiger partial charge >= 0.3 is 5.97 Å². The number of pyridine rings is 1. The number of aromatic nitrogens is 1. The monoisotopic (exact) mass is 304 g/mol. The van der Waals surface area contributed by atoms with E-state index in [0.717, 1.165) is 0 Å². The summed E-state index contributed by atoms with van der Waals surface area (Å²) in [5, 5.41) is 9.23. The Bertz CT molecular complexity index is 494. The predicted octanol–water partition coefficient (Wildman–Crippen LogP) is 2.57. The minimum atomic E-state index is -0.962. The van der Waals surface area contributed by atoms with E-state index in [1.165, 1.54) is 24.0 Å². The molecule has 0 fully saturated rings. The van der Waals surface area contributed by atoms with Crippen molar-refractivity contribution in [1.29, 1.82) is 0 Å². The van der Waals surface area contributed by atoms with E-state index >= 15 is 0 Å². The van der Waals surface area contributed by atoms with Crippen LogP contribution in [0.5, 0.6) is 0 Å². The molecule has 0 bridgehead atoms. The molecule has 0 spiro atoms. The van der Waals surface area contributed by atoms with Gasteiger partial charge in [-0.3, -0.25) is 9.59 Å². The molecule has 1 rings (SSSR count). The van der Waals surface area contributed by atoms with Crippen LogP contribution in [0, 0.1) is 5.92 Å². The third kappa shape index (κ3) is 4.08. The first-order valence-electron chi connectivity index (χ1n) is 5.71. The number of nitrogens with zero attached hydrogens (tertiary/aromatic N) is 2. The molecule has 1 N–H and O–H groups in total. The zero-order valence-corrected chi connectivity index (χ0v) is 12.1. The van der Waals surface area contributed by atoms with Crippen LogP contribution in [0.1, 0.15) is 24.3 Å². The summed E-state index contributed by atoms with van der Waals surface area (Å²) in [6.07, 6.45) is 0. The van der Waals surface area contributed by atoms with Crippen molar-refractivity contribution in [1.82, 2.24) is 9.88 Å². The highest BCUT2D eigenvalue weighted by molar-refractivity contribution is 6.34. The lowest BCUT2D eigenvalue weighted by atomic mass is 10.1. The first-order valence-corrected chi connectivity index (χ1v) is 6.46. The Hall–Kier alpha value is -1.33. The van der Waals surface area contributed by atoms with Gasteiger partial charge in [0.05, 0.1) is 10.9 Å². The van der Waals surface area contributed by atoms with Crippen LogP contribution in [-0.2, 0) is 4.79 Å². The molecule has 1 atom stereocenters. The van der Waals surface area contributed by atoms with E-state index in [-0.39, 0.29) is 22.4 Å². The molecule has 5 nitrogen and oxygen atoms in total. The highest BCUT2D eigenvalue weighted by atomic mass is 35.5. The van der Waals surface area contributed by atoms with E-state index in [1.807, 2.05) is 0 Å². The number of hydrogen-bond donors (Lipinski definition) is 1. The molecule has 0 saturated carbocycles. The number of carbonyl (C=O) groups excluding carboxylic acids is 1. The van der Waals surface area contributed by atoms with Gasteiger partial charge in [-0.05, 0) is 19.1 Å². The fourth-order valence-corrected chi connectivity index (χ4v) is 1.82. The van der Waals surface area contributed by atoms with Crippen molar-refractivity contribution in [3.05, 3.63) is 28.0 Å². The summed E-state index contributed by atoms with van der Waals surface area (Å²) in [5.41, 5.74) is 0.0357. The SMILES string of the molecule is CCN(CC(C)C(=O)O)C(=O)c1nc(Cl)ccc1Cl. The summed E-state index contributed by atoms with van der Waals surface area (Å²) < 4.78 is 0.